The van der Waals surface area contributed by atoms with Crippen molar-refractivity contribution in [3.05, 3.63) is 59.4 Å². The molecule has 2 aromatic heterocycles. The van der Waals surface area contributed by atoms with Crippen molar-refractivity contribution in [1.29, 1.82) is 0 Å². The number of para-hydroxylation sites is 3. The third kappa shape index (κ3) is 3.95. The lowest BCUT2D eigenvalue weighted by atomic mass is 9.97. The van der Waals surface area contributed by atoms with Crippen LogP contribution >= 0.6 is 11.3 Å². The summed E-state index contributed by atoms with van der Waals surface area (Å²) in [5, 5.41) is 0.974. The third-order valence-corrected chi connectivity index (χ3v) is 6.76. The lowest BCUT2D eigenvalue weighted by molar-refractivity contribution is -0.131. The summed E-state index contributed by atoms with van der Waals surface area (Å²) in [6, 6.07) is 16.0. The molecule has 7 heteroatoms. The molecule has 1 fully saturated rings. The zero-order valence-corrected chi connectivity index (χ0v) is 17.8. The van der Waals surface area contributed by atoms with E-state index in [4.69, 9.17) is 4.42 Å². The van der Waals surface area contributed by atoms with Gasteiger partial charge in [0.1, 0.15) is 10.5 Å². The number of likely N-dealkylation sites (tertiary alicyclic amines) is 1. The molecule has 4 aromatic rings. The molecule has 0 spiro atoms. The Hall–Kier alpha value is -2.77. The molecule has 0 saturated carbocycles. The summed E-state index contributed by atoms with van der Waals surface area (Å²) in [6.45, 7) is 2.76. The second-order valence-electron chi connectivity index (χ2n) is 7.90. The van der Waals surface area contributed by atoms with Gasteiger partial charge in [-0.25, -0.2) is 9.97 Å². The Morgan fingerprint density at radius 3 is 2.60 bits per heavy atom. The van der Waals surface area contributed by atoms with Crippen LogP contribution in [0.3, 0.4) is 0 Å². The average Bonchev–Trinajstić information content (AvgIpc) is 3.37. The Morgan fingerprint density at radius 2 is 1.83 bits per heavy atom. The van der Waals surface area contributed by atoms with E-state index in [0.29, 0.717) is 19.0 Å². The highest BCUT2D eigenvalue weighted by Gasteiger charge is 2.26. The summed E-state index contributed by atoms with van der Waals surface area (Å²) in [6.07, 6.45) is 1.92. The molecule has 1 aliphatic rings. The predicted octanol–water partition coefficient (Wildman–Crippen LogP) is 4.28. The van der Waals surface area contributed by atoms with E-state index in [1.165, 1.54) is 0 Å². The topological polar surface area (TPSA) is 62.5 Å². The van der Waals surface area contributed by atoms with E-state index in [2.05, 4.69) is 20.9 Å². The second-order valence-corrected chi connectivity index (χ2v) is 9.01. The van der Waals surface area contributed by atoms with Crippen molar-refractivity contribution >= 4 is 38.6 Å². The van der Waals surface area contributed by atoms with Crippen molar-refractivity contribution in [2.24, 2.45) is 0 Å². The van der Waals surface area contributed by atoms with Crippen LogP contribution in [0.25, 0.3) is 21.3 Å². The number of piperidine rings is 1. The van der Waals surface area contributed by atoms with Gasteiger partial charge in [-0.1, -0.05) is 24.3 Å². The van der Waals surface area contributed by atoms with E-state index in [0.717, 1.165) is 58.1 Å². The Labute approximate surface area is 179 Å². The minimum Gasteiger partial charge on any atom is -0.440 e. The third-order valence-electron chi connectivity index (χ3n) is 5.74. The van der Waals surface area contributed by atoms with Gasteiger partial charge in [-0.2, -0.15) is 0 Å². The number of carbonyl (C=O) groups excluding carboxylic acids is 1. The standard InChI is InChI=1S/C23H24N4O2S/c1-26(14-21-24-18-7-3-5-9-20(18)30-21)22(28)15-27-12-10-16(11-13-27)23-25-17-6-2-4-8-19(17)29-23/h2-9,16H,10-15H2,1H3. The van der Waals surface area contributed by atoms with E-state index in [9.17, 15) is 4.79 Å². The van der Waals surface area contributed by atoms with Crippen molar-refractivity contribution in [2.75, 3.05) is 26.7 Å². The summed E-state index contributed by atoms with van der Waals surface area (Å²) in [5.74, 6) is 1.29. The molecule has 2 aromatic carbocycles. The van der Waals surface area contributed by atoms with Crippen LogP contribution in [0.1, 0.15) is 29.7 Å². The lowest BCUT2D eigenvalue weighted by Gasteiger charge is -2.31. The lowest BCUT2D eigenvalue weighted by Crippen LogP contribution is -2.41. The fourth-order valence-corrected chi connectivity index (χ4v) is 5.01. The van der Waals surface area contributed by atoms with E-state index in [1.54, 1.807) is 16.2 Å². The monoisotopic (exact) mass is 420 g/mol. The fraction of sp³-hybridized carbons (Fsp3) is 0.348. The molecule has 1 aliphatic heterocycles. The summed E-state index contributed by atoms with van der Waals surface area (Å²) >= 11 is 1.65. The number of fused-ring (bicyclic) bond motifs is 2. The Balaban J connectivity index is 1.15. The van der Waals surface area contributed by atoms with Gasteiger partial charge in [-0.15, -0.1) is 11.3 Å². The maximum atomic E-state index is 12.7. The van der Waals surface area contributed by atoms with Crippen molar-refractivity contribution < 1.29 is 9.21 Å². The molecular weight excluding hydrogens is 396 g/mol. The molecule has 154 valence electrons. The Bertz CT molecular complexity index is 1110. The molecule has 1 saturated heterocycles. The fourth-order valence-electron chi connectivity index (χ4n) is 3.99. The van der Waals surface area contributed by atoms with E-state index in [1.807, 2.05) is 49.5 Å². The van der Waals surface area contributed by atoms with Crippen LogP contribution < -0.4 is 0 Å². The van der Waals surface area contributed by atoms with Crippen LogP contribution in [0.5, 0.6) is 0 Å². The minimum atomic E-state index is 0.134. The minimum absolute atomic E-state index is 0.134. The highest BCUT2D eigenvalue weighted by Crippen LogP contribution is 2.30. The van der Waals surface area contributed by atoms with Gasteiger partial charge in [0.15, 0.2) is 11.5 Å². The largest absolute Gasteiger partial charge is 0.440 e. The molecular formula is C23H24N4O2S. The first kappa shape index (κ1) is 19.2. The van der Waals surface area contributed by atoms with Crippen molar-refractivity contribution in [2.45, 2.75) is 25.3 Å². The molecule has 0 radical (unpaired) electrons. The number of benzene rings is 2. The second kappa shape index (κ2) is 8.16. The highest BCUT2D eigenvalue weighted by atomic mass is 32.1. The smallest absolute Gasteiger partial charge is 0.236 e. The maximum Gasteiger partial charge on any atom is 0.236 e. The molecule has 6 nitrogen and oxygen atoms in total. The number of hydrogen-bond donors (Lipinski definition) is 0. The van der Waals surface area contributed by atoms with Crippen LogP contribution in [0.4, 0.5) is 0 Å². The van der Waals surface area contributed by atoms with Crippen LogP contribution in [0, 0.1) is 0 Å². The molecule has 0 unspecified atom stereocenters. The van der Waals surface area contributed by atoms with Crippen LogP contribution in [0.15, 0.2) is 52.9 Å². The number of thiazole rings is 1. The molecule has 0 N–H and O–H groups in total. The zero-order valence-electron chi connectivity index (χ0n) is 17.0. The Morgan fingerprint density at radius 1 is 1.10 bits per heavy atom. The van der Waals surface area contributed by atoms with Crippen LogP contribution in [-0.4, -0.2) is 52.4 Å². The average molecular weight is 421 g/mol. The van der Waals surface area contributed by atoms with Gasteiger partial charge >= 0.3 is 0 Å². The van der Waals surface area contributed by atoms with Gasteiger partial charge < -0.3 is 9.32 Å². The Kier molecular flexibility index (Phi) is 5.23. The number of aromatic nitrogens is 2. The normalized spacial score (nSPS) is 15.8. The van der Waals surface area contributed by atoms with Crippen LogP contribution in [-0.2, 0) is 11.3 Å². The van der Waals surface area contributed by atoms with Gasteiger partial charge in [0, 0.05) is 13.0 Å². The zero-order chi connectivity index (χ0) is 20.5. The number of rotatable bonds is 5. The highest BCUT2D eigenvalue weighted by molar-refractivity contribution is 7.18. The molecule has 5 rings (SSSR count). The van der Waals surface area contributed by atoms with Crippen molar-refractivity contribution in [3.8, 4) is 0 Å². The summed E-state index contributed by atoms with van der Waals surface area (Å²) in [5.41, 5.74) is 2.77. The van der Waals surface area contributed by atoms with Gasteiger partial charge in [-0.3, -0.25) is 9.69 Å². The first-order valence-electron chi connectivity index (χ1n) is 10.3. The SMILES string of the molecule is CN(Cc1nc2ccccc2s1)C(=O)CN1CCC(c2nc3ccccc3o2)CC1. The van der Waals surface area contributed by atoms with E-state index in [-0.39, 0.29) is 5.91 Å². The summed E-state index contributed by atoms with van der Waals surface area (Å²) < 4.78 is 7.10. The van der Waals surface area contributed by atoms with Gasteiger partial charge in [0.25, 0.3) is 0 Å². The molecule has 0 atom stereocenters. The van der Waals surface area contributed by atoms with E-state index >= 15 is 0 Å². The molecule has 1 amide bonds. The molecule has 30 heavy (non-hydrogen) atoms. The molecule has 3 heterocycles. The number of nitrogens with zero attached hydrogens (tertiary/aromatic N) is 4. The van der Waals surface area contributed by atoms with E-state index < -0.39 is 0 Å². The van der Waals surface area contributed by atoms with Crippen molar-refractivity contribution in [3.63, 3.8) is 0 Å². The van der Waals surface area contributed by atoms with Gasteiger partial charge in [-0.05, 0) is 50.2 Å². The number of hydrogen-bond acceptors (Lipinski definition) is 6. The maximum absolute atomic E-state index is 12.7. The van der Waals surface area contributed by atoms with Crippen molar-refractivity contribution in [1.82, 2.24) is 19.8 Å². The van der Waals surface area contributed by atoms with Gasteiger partial charge in [0.05, 0.1) is 23.3 Å². The first-order valence-corrected chi connectivity index (χ1v) is 11.1. The van der Waals surface area contributed by atoms with Gasteiger partial charge in [0.2, 0.25) is 5.91 Å². The number of amides is 1. The number of oxazole rings is 1. The number of carbonyl (C=O) groups is 1. The first-order chi connectivity index (χ1) is 14.7. The summed E-state index contributed by atoms with van der Waals surface area (Å²) in [7, 11) is 1.86. The predicted molar refractivity (Wildman–Crippen MR) is 119 cm³/mol. The summed E-state index contributed by atoms with van der Waals surface area (Å²) in [4.78, 5) is 26.0. The van der Waals surface area contributed by atoms with Crippen LogP contribution in [0.2, 0.25) is 0 Å². The molecule has 0 bridgehead atoms. The number of likely N-dealkylation sites (N-methyl/N-ethyl adjacent to an activating group) is 1. The molecule has 0 aliphatic carbocycles. The quantitative estimate of drug-likeness (QED) is 0.482.